The van der Waals surface area contributed by atoms with E-state index in [0.717, 1.165) is 12.2 Å². The molecule has 0 fully saturated rings. The van der Waals surface area contributed by atoms with Crippen molar-refractivity contribution in [2.24, 2.45) is 5.73 Å². The van der Waals surface area contributed by atoms with Crippen LogP contribution in [0.1, 0.15) is 42.4 Å². The maximum Gasteiger partial charge on any atom is 0.122 e. The van der Waals surface area contributed by atoms with E-state index in [1.807, 2.05) is 0 Å². The monoisotopic (exact) mass is 326 g/mol. The molecule has 0 aliphatic heterocycles. The van der Waals surface area contributed by atoms with Crippen molar-refractivity contribution in [3.63, 3.8) is 0 Å². The zero-order chi connectivity index (χ0) is 17.7. The Hall–Kier alpha value is -2.00. The van der Waals surface area contributed by atoms with E-state index < -0.39 is 0 Å². The van der Waals surface area contributed by atoms with Gasteiger partial charge < -0.3 is 15.4 Å². The van der Waals surface area contributed by atoms with Gasteiger partial charge in [-0.25, -0.2) is 0 Å². The lowest BCUT2D eigenvalue weighted by atomic mass is 9.88. The van der Waals surface area contributed by atoms with Gasteiger partial charge in [0.05, 0.1) is 7.11 Å². The molecule has 0 saturated carbocycles. The normalized spacial score (nSPS) is 12.3. The second-order valence-electron chi connectivity index (χ2n) is 6.86. The van der Waals surface area contributed by atoms with Crippen molar-refractivity contribution < 1.29 is 4.74 Å². The summed E-state index contributed by atoms with van der Waals surface area (Å²) in [5, 5.41) is 0. The molecule has 2 N–H and O–H groups in total. The van der Waals surface area contributed by atoms with Crippen molar-refractivity contribution in [2.75, 3.05) is 32.6 Å². The number of nitrogens with zero attached hydrogens (tertiary/aromatic N) is 1. The molecule has 0 radical (unpaired) electrons. The minimum atomic E-state index is 0.246. The number of nitrogens with two attached hydrogens (primary N) is 1. The third-order valence-corrected chi connectivity index (χ3v) is 4.55. The van der Waals surface area contributed by atoms with Crippen LogP contribution in [-0.4, -0.2) is 27.7 Å². The van der Waals surface area contributed by atoms with Crippen molar-refractivity contribution in [3.05, 3.63) is 59.2 Å². The van der Waals surface area contributed by atoms with Gasteiger partial charge in [0.2, 0.25) is 0 Å². The Morgan fingerprint density at radius 3 is 2.42 bits per heavy atom. The molecule has 0 aromatic heterocycles. The highest BCUT2D eigenvalue weighted by Crippen LogP contribution is 2.32. The Bertz CT molecular complexity index is 665. The number of hydrogen-bond donors (Lipinski definition) is 1. The summed E-state index contributed by atoms with van der Waals surface area (Å²) in [6.07, 6.45) is 0.913. The molecular weight excluding hydrogens is 296 g/mol. The maximum absolute atomic E-state index is 6.13. The smallest absolute Gasteiger partial charge is 0.122 e. The number of hydrogen-bond acceptors (Lipinski definition) is 3. The summed E-state index contributed by atoms with van der Waals surface area (Å²) in [4.78, 5) is 2.13. The van der Waals surface area contributed by atoms with E-state index in [0.29, 0.717) is 12.5 Å². The fraction of sp³-hybridized carbons (Fsp3) is 0.429. The third kappa shape index (κ3) is 4.30. The van der Waals surface area contributed by atoms with Crippen LogP contribution in [0.15, 0.2) is 42.5 Å². The molecule has 0 spiro atoms. The summed E-state index contributed by atoms with van der Waals surface area (Å²) in [5.41, 5.74) is 11.2. The molecule has 2 rings (SSSR count). The van der Waals surface area contributed by atoms with Gasteiger partial charge in [-0.15, -0.1) is 0 Å². The van der Waals surface area contributed by atoms with Gasteiger partial charge in [0.25, 0.3) is 0 Å². The summed E-state index contributed by atoms with van der Waals surface area (Å²) in [6.45, 7) is 5.03. The SMILES string of the molecule is COc1ccc(C(C)C)cc1C(CN)Cc1cccc(N(C)C)c1. The molecular formula is C21H30N2O. The molecule has 130 valence electrons. The zero-order valence-electron chi connectivity index (χ0n) is 15.5. The van der Waals surface area contributed by atoms with E-state index in [1.54, 1.807) is 7.11 Å². The Morgan fingerprint density at radius 1 is 1.08 bits per heavy atom. The third-order valence-electron chi connectivity index (χ3n) is 4.55. The van der Waals surface area contributed by atoms with Gasteiger partial charge in [0, 0.05) is 25.7 Å². The minimum absolute atomic E-state index is 0.246. The lowest BCUT2D eigenvalue weighted by Crippen LogP contribution is -2.17. The fourth-order valence-corrected chi connectivity index (χ4v) is 3.00. The first-order chi connectivity index (χ1) is 11.5. The molecule has 3 nitrogen and oxygen atoms in total. The lowest BCUT2D eigenvalue weighted by molar-refractivity contribution is 0.405. The first-order valence-corrected chi connectivity index (χ1v) is 8.60. The van der Waals surface area contributed by atoms with Gasteiger partial charge in [-0.1, -0.05) is 38.1 Å². The summed E-state index contributed by atoms with van der Waals surface area (Å²) < 4.78 is 5.60. The van der Waals surface area contributed by atoms with Crippen LogP contribution in [0.4, 0.5) is 5.69 Å². The van der Waals surface area contributed by atoms with Gasteiger partial charge in [0.1, 0.15) is 5.75 Å². The van der Waals surface area contributed by atoms with Crippen molar-refractivity contribution in [1.29, 1.82) is 0 Å². The molecule has 0 aliphatic rings. The molecule has 0 bridgehead atoms. The molecule has 2 aromatic rings. The van der Waals surface area contributed by atoms with Crippen molar-refractivity contribution >= 4 is 5.69 Å². The molecule has 2 aromatic carbocycles. The van der Waals surface area contributed by atoms with E-state index >= 15 is 0 Å². The van der Waals surface area contributed by atoms with Crippen molar-refractivity contribution in [3.8, 4) is 5.75 Å². The Labute approximate surface area is 146 Å². The number of methoxy groups -OCH3 is 1. The average molecular weight is 326 g/mol. The molecule has 1 unspecified atom stereocenters. The van der Waals surface area contributed by atoms with Gasteiger partial charge in [-0.2, -0.15) is 0 Å². The van der Waals surface area contributed by atoms with Crippen LogP contribution in [0.25, 0.3) is 0 Å². The number of rotatable bonds is 7. The van der Waals surface area contributed by atoms with Crippen LogP contribution in [0, 0.1) is 0 Å². The Kier molecular flexibility index (Phi) is 6.27. The molecule has 0 aliphatic carbocycles. The van der Waals surface area contributed by atoms with E-state index in [4.69, 9.17) is 10.5 Å². The zero-order valence-corrected chi connectivity index (χ0v) is 15.5. The topological polar surface area (TPSA) is 38.5 Å². The maximum atomic E-state index is 6.13. The predicted molar refractivity (Wildman–Crippen MR) is 103 cm³/mol. The van der Waals surface area contributed by atoms with E-state index in [-0.39, 0.29) is 5.92 Å². The standard InChI is InChI=1S/C21H30N2O/c1-15(2)17-9-10-21(24-5)20(13-17)18(14-22)11-16-7-6-8-19(12-16)23(3)4/h6-10,12-13,15,18H,11,14,22H2,1-5H3. The van der Waals surface area contributed by atoms with Gasteiger partial charge in [0.15, 0.2) is 0 Å². The second-order valence-corrected chi connectivity index (χ2v) is 6.86. The van der Waals surface area contributed by atoms with E-state index in [1.165, 1.54) is 22.4 Å². The summed E-state index contributed by atoms with van der Waals surface area (Å²) >= 11 is 0. The molecule has 3 heteroatoms. The van der Waals surface area contributed by atoms with Crippen molar-refractivity contribution in [2.45, 2.75) is 32.1 Å². The van der Waals surface area contributed by atoms with Crippen LogP contribution in [0.3, 0.4) is 0 Å². The van der Waals surface area contributed by atoms with E-state index in [9.17, 15) is 0 Å². The van der Waals surface area contributed by atoms with E-state index in [2.05, 4.69) is 75.3 Å². The van der Waals surface area contributed by atoms with Crippen LogP contribution in [-0.2, 0) is 6.42 Å². The summed E-state index contributed by atoms with van der Waals surface area (Å²) in [7, 11) is 5.86. The summed E-state index contributed by atoms with van der Waals surface area (Å²) in [5.74, 6) is 1.67. The Balaban J connectivity index is 2.34. The highest BCUT2D eigenvalue weighted by Gasteiger charge is 2.17. The quantitative estimate of drug-likeness (QED) is 0.830. The van der Waals surface area contributed by atoms with Crippen LogP contribution in [0.5, 0.6) is 5.75 Å². The molecule has 0 amide bonds. The number of ether oxygens (including phenoxy) is 1. The molecule has 1 atom stereocenters. The van der Waals surface area contributed by atoms with Crippen molar-refractivity contribution in [1.82, 2.24) is 0 Å². The average Bonchev–Trinajstić information content (AvgIpc) is 2.59. The first kappa shape index (κ1) is 18.3. The molecule has 0 heterocycles. The fourth-order valence-electron chi connectivity index (χ4n) is 3.00. The van der Waals surface area contributed by atoms with Gasteiger partial charge in [-0.05, 0) is 53.8 Å². The highest BCUT2D eigenvalue weighted by molar-refractivity contribution is 5.48. The first-order valence-electron chi connectivity index (χ1n) is 8.60. The summed E-state index contributed by atoms with van der Waals surface area (Å²) in [6, 6.07) is 15.1. The largest absolute Gasteiger partial charge is 0.496 e. The minimum Gasteiger partial charge on any atom is -0.496 e. The number of benzene rings is 2. The molecule has 24 heavy (non-hydrogen) atoms. The second kappa shape index (κ2) is 8.20. The van der Waals surface area contributed by atoms with Gasteiger partial charge in [-0.3, -0.25) is 0 Å². The Morgan fingerprint density at radius 2 is 1.83 bits per heavy atom. The number of anilines is 1. The van der Waals surface area contributed by atoms with Crippen LogP contribution < -0.4 is 15.4 Å². The molecule has 0 saturated heterocycles. The highest BCUT2D eigenvalue weighted by atomic mass is 16.5. The predicted octanol–water partition coefficient (Wildman–Crippen LogP) is 4.17. The van der Waals surface area contributed by atoms with Crippen LogP contribution >= 0.6 is 0 Å². The van der Waals surface area contributed by atoms with Gasteiger partial charge >= 0.3 is 0 Å². The lowest BCUT2D eigenvalue weighted by Gasteiger charge is -2.21. The van der Waals surface area contributed by atoms with Crippen LogP contribution in [0.2, 0.25) is 0 Å².